The van der Waals surface area contributed by atoms with E-state index in [0.717, 1.165) is 24.2 Å². The predicted molar refractivity (Wildman–Crippen MR) is 133 cm³/mol. The van der Waals surface area contributed by atoms with Gasteiger partial charge in [-0.3, -0.25) is 4.90 Å². The molecule has 0 saturated carbocycles. The Bertz CT molecular complexity index is 1070. The molecule has 182 valence electrons. The number of hydrogen-bond acceptors (Lipinski definition) is 6. The van der Waals surface area contributed by atoms with Gasteiger partial charge >= 0.3 is 12.1 Å². The number of alkyl carbamates (subject to hydrolysis) is 1. The van der Waals surface area contributed by atoms with Crippen LogP contribution < -0.4 is 10.2 Å². The molecule has 4 rings (SSSR count). The number of ether oxygens (including phenoxy) is 2. The van der Waals surface area contributed by atoms with Crippen LogP contribution in [0.5, 0.6) is 0 Å². The Morgan fingerprint density at radius 2 is 1.85 bits per heavy atom. The molecule has 1 fully saturated rings. The SMILES string of the molecule is CCN1CC(C(=O)OC)N(c2c(CC(NC(=O)OC)C(C)C)ccc3c2Cc2ccccc2-3)C1. The van der Waals surface area contributed by atoms with Gasteiger partial charge in [-0.15, -0.1) is 0 Å². The Kier molecular flexibility index (Phi) is 7.12. The van der Waals surface area contributed by atoms with Crippen LogP contribution in [0.2, 0.25) is 0 Å². The first-order chi connectivity index (χ1) is 16.4. The number of carbonyl (C=O) groups is 2. The van der Waals surface area contributed by atoms with Gasteiger partial charge < -0.3 is 19.7 Å². The Labute approximate surface area is 202 Å². The van der Waals surface area contributed by atoms with Crippen molar-refractivity contribution < 1.29 is 19.1 Å². The Hall–Kier alpha value is -3.06. The van der Waals surface area contributed by atoms with Gasteiger partial charge in [0.2, 0.25) is 0 Å². The molecule has 1 heterocycles. The summed E-state index contributed by atoms with van der Waals surface area (Å²) in [7, 11) is 2.84. The third kappa shape index (κ3) is 4.49. The summed E-state index contributed by atoms with van der Waals surface area (Å²) in [6.07, 6.45) is 1.03. The number of likely N-dealkylation sites (N-methyl/N-ethyl adjacent to an activating group) is 1. The lowest BCUT2D eigenvalue weighted by atomic mass is 9.91. The van der Waals surface area contributed by atoms with Crippen LogP contribution in [0.3, 0.4) is 0 Å². The molecule has 0 aromatic heterocycles. The van der Waals surface area contributed by atoms with Crippen molar-refractivity contribution in [2.45, 2.75) is 45.7 Å². The number of benzene rings is 2. The van der Waals surface area contributed by atoms with Gasteiger partial charge in [0.15, 0.2) is 0 Å². The molecule has 0 spiro atoms. The van der Waals surface area contributed by atoms with Gasteiger partial charge in [-0.25, -0.2) is 9.59 Å². The summed E-state index contributed by atoms with van der Waals surface area (Å²) < 4.78 is 10.1. The molecule has 1 aliphatic carbocycles. The van der Waals surface area contributed by atoms with Gasteiger partial charge in [0, 0.05) is 24.7 Å². The van der Waals surface area contributed by atoms with Crippen molar-refractivity contribution >= 4 is 17.7 Å². The molecular weight excluding hydrogens is 430 g/mol. The highest BCUT2D eigenvalue weighted by Gasteiger charge is 2.39. The number of carbonyl (C=O) groups excluding carboxylic acids is 2. The minimum atomic E-state index is -0.431. The Morgan fingerprint density at radius 3 is 2.53 bits per heavy atom. The van der Waals surface area contributed by atoms with Gasteiger partial charge in [0.1, 0.15) is 6.04 Å². The maximum absolute atomic E-state index is 12.8. The minimum Gasteiger partial charge on any atom is -0.467 e. The van der Waals surface area contributed by atoms with E-state index in [1.54, 1.807) is 0 Å². The lowest BCUT2D eigenvalue weighted by Crippen LogP contribution is -2.42. The molecule has 34 heavy (non-hydrogen) atoms. The number of rotatable bonds is 7. The molecule has 1 N–H and O–H groups in total. The molecule has 0 radical (unpaired) electrons. The van der Waals surface area contributed by atoms with E-state index in [1.165, 1.54) is 36.5 Å². The van der Waals surface area contributed by atoms with Gasteiger partial charge in [0.05, 0.1) is 20.9 Å². The molecule has 2 atom stereocenters. The van der Waals surface area contributed by atoms with Crippen molar-refractivity contribution in [3.05, 3.63) is 53.1 Å². The van der Waals surface area contributed by atoms with Gasteiger partial charge in [-0.05, 0) is 46.7 Å². The number of fused-ring (bicyclic) bond motifs is 3. The van der Waals surface area contributed by atoms with Crippen molar-refractivity contribution in [2.75, 3.05) is 38.9 Å². The summed E-state index contributed by atoms with van der Waals surface area (Å²) in [4.78, 5) is 29.4. The van der Waals surface area contributed by atoms with Crippen molar-refractivity contribution in [3.8, 4) is 11.1 Å². The normalized spacial score (nSPS) is 17.9. The van der Waals surface area contributed by atoms with Crippen LogP contribution in [0.25, 0.3) is 11.1 Å². The zero-order valence-corrected chi connectivity index (χ0v) is 20.8. The maximum Gasteiger partial charge on any atom is 0.407 e. The predicted octanol–water partition coefficient (Wildman–Crippen LogP) is 3.82. The van der Waals surface area contributed by atoms with Crippen LogP contribution in [0, 0.1) is 5.92 Å². The zero-order chi connectivity index (χ0) is 24.4. The molecule has 2 aromatic rings. The highest BCUT2D eigenvalue weighted by atomic mass is 16.5. The van der Waals surface area contributed by atoms with E-state index >= 15 is 0 Å². The van der Waals surface area contributed by atoms with Crippen molar-refractivity contribution in [1.29, 1.82) is 0 Å². The van der Waals surface area contributed by atoms with Crippen molar-refractivity contribution in [3.63, 3.8) is 0 Å². The maximum atomic E-state index is 12.8. The molecule has 2 unspecified atom stereocenters. The van der Waals surface area contributed by atoms with Gasteiger partial charge in [-0.2, -0.15) is 0 Å². The average Bonchev–Trinajstić information content (AvgIpc) is 3.44. The first kappa shape index (κ1) is 24.1. The number of esters is 1. The summed E-state index contributed by atoms with van der Waals surface area (Å²) in [5.41, 5.74) is 7.22. The number of hydrogen-bond donors (Lipinski definition) is 1. The average molecular weight is 466 g/mol. The number of methoxy groups -OCH3 is 2. The van der Waals surface area contributed by atoms with Crippen LogP contribution in [0.4, 0.5) is 10.5 Å². The zero-order valence-electron chi connectivity index (χ0n) is 20.8. The Balaban J connectivity index is 1.82. The second-order valence-electron chi connectivity index (χ2n) is 9.44. The summed E-state index contributed by atoms with van der Waals surface area (Å²) in [6.45, 7) is 8.44. The molecule has 0 bridgehead atoms. The largest absolute Gasteiger partial charge is 0.467 e. The fourth-order valence-corrected chi connectivity index (χ4v) is 5.18. The van der Waals surface area contributed by atoms with Crippen LogP contribution in [0.15, 0.2) is 36.4 Å². The van der Waals surface area contributed by atoms with Crippen LogP contribution in [-0.2, 0) is 27.1 Å². The number of nitrogens with one attached hydrogen (secondary N) is 1. The molecule has 1 aliphatic heterocycles. The fourth-order valence-electron chi connectivity index (χ4n) is 5.18. The quantitative estimate of drug-likeness (QED) is 0.535. The minimum absolute atomic E-state index is 0.102. The summed E-state index contributed by atoms with van der Waals surface area (Å²) in [6, 6.07) is 12.4. The van der Waals surface area contributed by atoms with E-state index in [0.29, 0.717) is 19.6 Å². The first-order valence-corrected chi connectivity index (χ1v) is 12.0. The molecule has 2 aromatic carbocycles. The third-order valence-electron chi connectivity index (χ3n) is 7.14. The third-order valence-corrected chi connectivity index (χ3v) is 7.14. The highest BCUT2D eigenvalue weighted by Crippen LogP contribution is 2.44. The molecule has 2 aliphatic rings. The summed E-state index contributed by atoms with van der Waals surface area (Å²) >= 11 is 0. The molecule has 1 amide bonds. The van der Waals surface area contributed by atoms with Crippen molar-refractivity contribution in [1.82, 2.24) is 10.2 Å². The van der Waals surface area contributed by atoms with E-state index in [4.69, 9.17) is 9.47 Å². The number of amides is 1. The topological polar surface area (TPSA) is 71.1 Å². The molecular formula is C27H35N3O4. The number of nitrogens with zero attached hydrogens (tertiary/aromatic N) is 2. The van der Waals surface area contributed by atoms with E-state index < -0.39 is 6.09 Å². The lowest BCUT2D eigenvalue weighted by molar-refractivity contribution is -0.141. The van der Waals surface area contributed by atoms with Crippen LogP contribution >= 0.6 is 0 Å². The monoisotopic (exact) mass is 465 g/mol. The summed E-state index contributed by atoms with van der Waals surface area (Å²) in [5.74, 6) is -0.0115. The second kappa shape index (κ2) is 10.1. The van der Waals surface area contributed by atoms with Crippen molar-refractivity contribution in [2.24, 2.45) is 5.92 Å². The van der Waals surface area contributed by atoms with Crippen LogP contribution in [-0.4, -0.2) is 63.0 Å². The first-order valence-electron chi connectivity index (χ1n) is 12.0. The highest BCUT2D eigenvalue weighted by molar-refractivity contribution is 5.87. The molecule has 1 saturated heterocycles. The second-order valence-corrected chi connectivity index (χ2v) is 9.44. The smallest absolute Gasteiger partial charge is 0.407 e. The molecule has 7 heteroatoms. The Morgan fingerprint density at radius 1 is 1.09 bits per heavy atom. The lowest BCUT2D eigenvalue weighted by Gasteiger charge is -2.31. The molecule has 7 nitrogen and oxygen atoms in total. The van der Waals surface area contributed by atoms with Gasteiger partial charge in [0.25, 0.3) is 0 Å². The fraction of sp³-hybridized carbons (Fsp3) is 0.481. The van der Waals surface area contributed by atoms with E-state index in [-0.39, 0.29) is 24.0 Å². The van der Waals surface area contributed by atoms with Crippen LogP contribution in [0.1, 0.15) is 37.5 Å². The van der Waals surface area contributed by atoms with E-state index in [2.05, 4.69) is 72.3 Å². The van der Waals surface area contributed by atoms with E-state index in [1.807, 2.05) is 0 Å². The summed E-state index contributed by atoms with van der Waals surface area (Å²) in [5, 5.41) is 3.00. The number of anilines is 1. The van der Waals surface area contributed by atoms with E-state index in [9.17, 15) is 9.59 Å². The standard InChI is InChI=1S/C27H35N3O4/c1-6-29-15-24(26(31)33-4)30(16-29)25-19(14-23(17(2)3)28-27(32)34-5)11-12-21-20-10-8-7-9-18(20)13-22(21)25/h7-12,17,23-24H,6,13-16H2,1-5H3,(H,28,32). The van der Waals surface area contributed by atoms with Gasteiger partial charge in [-0.1, -0.05) is 57.2 Å².